The first-order valence-corrected chi connectivity index (χ1v) is 6.25. The lowest BCUT2D eigenvalue weighted by Gasteiger charge is -2.04. The normalized spacial score (nSPS) is 10.1. The van der Waals surface area contributed by atoms with Gasteiger partial charge in [0.25, 0.3) is 0 Å². The molecule has 0 bridgehead atoms. The van der Waals surface area contributed by atoms with E-state index in [4.69, 9.17) is 9.52 Å². The number of amides is 2. The quantitative estimate of drug-likeness (QED) is 0.769. The van der Waals surface area contributed by atoms with Crippen molar-refractivity contribution in [3.8, 4) is 0 Å². The third-order valence-electron chi connectivity index (χ3n) is 2.17. The van der Waals surface area contributed by atoms with Gasteiger partial charge in [-0.2, -0.15) is 0 Å². The number of aromatic carboxylic acids is 1. The first-order chi connectivity index (χ1) is 9.15. The molecule has 2 rings (SSSR count). The van der Waals surface area contributed by atoms with Crippen LogP contribution < -0.4 is 10.6 Å². The van der Waals surface area contributed by atoms with Crippen LogP contribution in [0.15, 0.2) is 28.2 Å². The fourth-order valence-corrected chi connectivity index (χ4v) is 2.00. The number of carbonyl (C=O) groups is 2. The van der Waals surface area contributed by atoms with Crippen molar-refractivity contribution in [3.63, 3.8) is 0 Å². The minimum atomic E-state index is -1.08. The van der Waals surface area contributed by atoms with E-state index in [0.29, 0.717) is 10.8 Å². The lowest BCUT2D eigenvalue weighted by Crippen LogP contribution is -2.34. The molecule has 0 unspecified atom stereocenters. The van der Waals surface area contributed by atoms with Gasteiger partial charge in [-0.05, 0) is 12.1 Å². The van der Waals surface area contributed by atoms with Gasteiger partial charge in [0.15, 0.2) is 5.69 Å². The van der Waals surface area contributed by atoms with Crippen molar-refractivity contribution in [3.05, 3.63) is 40.2 Å². The molecule has 8 heteroatoms. The monoisotopic (exact) mass is 281 g/mol. The molecule has 2 aromatic rings. The third-order valence-corrected chi connectivity index (χ3v) is 3.02. The molecule has 19 heavy (non-hydrogen) atoms. The number of nitrogens with one attached hydrogen (secondary N) is 2. The second-order valence-electron chi connectivity index (χ2n) is 3.55. The minimum absolute atomic E-state index is 0.0159. The van der Waals surface area contributed by atoms with Crippen LogP contribution in [0.5, 0.6) is 0 Å². The predicted octanol–water partition coefficient (Wildman–Crippen LogP) is 1.43. The Morgan fingerprint density at radius 2 is 2.16 bits per heavy atom. The number of nitrogens with zero attached hydrogens (tertiary/aromatic N) is 1. The number of aromatic nitrogens is 1. The zero-order chi connectivity index (χ0) is 13.7. The molecule has 0 spiro atoms. The molecule has 0 aliphatic rings. The van der Waals surface area contributed by atoms with E-state index in [9.17, 15) is 9.59 Å². The van der Waals surface area contributed by atoms with Crippen molar-refractivity contribution < 1.29 is 19.1 Å². The zero-order valence-electron chi connectivity index (χ0n) is 9.75. The van der Waals surface area contributed by atoms with Gasteiger partial charge in [0, 0.05) is 5.38 Å². The lowest BCUT2D eigenvalue weighted by atomic mass is 10.4. The maximum absolute atomic E-state index is 11.4. The van der Waals surface area contributed by atoms with Crippen LogP contribution >= 0.6 is 11.3 Å². The number of hydrogen-bond donors (Lipinski definition) is 3. The van der Waals surface area contributed by atoms with Crippen molar-refractivity contribution in [2.75, 3.05) is 0 Å². The van der Waals surface area contributed by atoms with Crippen molar-refractivity contribution in [2.45, 2.75) is 13.1 Å². The topological polar surface area (TPSA) is 104 Å². The molecule has 0 aromatic carbocycles. The van der Waals surface area contributed by atoms with Crippen molar-refractivity contribution >= 4 is 23.3 Å². The average Bonchev–Trinajstić information content (AvgIpc) is 3.05. The Kier molecular flexibility index (Phi) is 4.14. The Labute approximate surface area is 112 Å². The first-order valence-electron chi connectivity index (χ1n) is 5.37. The van der Waals surface area contributed by atoms with Gasteiger partial charge in [-0.25, -0.2) is 14.6 Å². The smallest absolute Gasteiger partial charge is 0.355 e. The van der Waals surface area contributed by atoms with E-state index in [1.165, 1.54) is 23.0 Å². The van der Waals surface area contributed by atoms with E-state index in [-0.39, 0.29) is 24.8 Å². The van der Waals surface area contributed by atoms with Crippen LogP contribution in [-0.4, -0.2) is 22.1 Å². The molecule has 100 valence electrons. The third kappa shape index (κ3) is 3.81. The Hall–Kier alpha value is -2.35. The summed E-state index contributed by atoms with van der Waals surface area (Å²) in [5.41, 5.74) is -0.0159. The Bertz CT molecular complexity index is 564. The van der Waals surface area contributed by atoms with Gasteiger partial charge >= 0.3 is 12.0 Å². The van der Waals surface area contributed by atoms with Gasteiger partial charge in [-0.15, -0.1) is 11.3 Å². The van der Waals surface area contributed by atoms with Crippen LogP contribution in [0.25, 0.3) is 0 Å². The summed E-state index contributed by atoms with van der Waals surface area (Å²) in [4.78, 5) is 25.9. The summed E-state index contributed by atoms with van der Waals surface area (Å²) in [6.07, 6.45) is 1.53. The number of thiazole rings is 1. The number of urea groups is 1. The standard InChI is InChI=1S/C11H11N3O4S/c15-10(16)8-6-19-9(14-8)5-13-11(17)12-4-7-2-1-3-18-7/h1-3,6H,4-5H2,(H,15,16)(H2,12,13,17). The highest BCUT2D eigenvalue weighted by Crippen LogP contribution is 2.09. The zero-order valence-corrected chi connectivity index (χ0v) is 10.6. The summed E-state index contributed by atoms with van der Waals surface area (Å²) in [6.45, 7) is 0.471. The van der Waals surface area contributed by atoms with Crippen LogP contribution in [0.1, 0.15) is 21.3 Å². The average molecular weight is 281 g/mol. The summed E-state index contributed by atoms with van der Waals surface area (Å²) in [6, 6.07) is 3.11. The minimum Gasteiger partial charge on any atom is -0.476 e. The molecular formula is C11H11N3O4S. The van der Waals surface area contributed by atoms with Gasteiger partial charge < -0.3 is 20.2 Å². The van der Waals surface area contributed by atoms with Crippen molar-refractivity contribution in [1.29, 1.82) is 0 Å². The molecule has 0 saturated heterocycles. The molecule has 2 heterocycles. The molecule has 2 aromatic heterocycles. The van der Waals surface area contributed by atoms with Crippen molar-refractivity contribution in [1.82, 2.24) is 15.6 Å². The molecule has 2 amide bonds. The number of carboxylic acids is 1. The predicted molar refractivity (Wildman–Crippen MR) is 66.9 cm³/mol. The summed E-state index contributed by atoms with van der Waals surface area (Å²) in [5.74, 6) is -0.428. The van der Waals surface area contributed by atoms with E-state index in [0.717, 1.165) is 0 Å². The fraction of sp³-hybridized carbons (Fsp3) is 0.182. The van der Waals surface area contributed by atoms with Crippen LogP contribution in [-0.2, 0) is 13.1 Å². The first kappa shape index (κ1) is 13.1. The number of rotatable bonds is 5. The maximum atomic E-state index is 11.4. The highest BCUT2D eigenvalue weighted by atomic mass is 32.1. The van der Waals surface area contributed by atoms with E-state index >= 15 is 0 Å². The highest BCUT2D eigenvalue weighted by molar-refractivity contribution is 7.09. The summed E-state index contributed by atoms with van der Waals surface area (Å²) in [5, 5.41) is 15.8. The van der Waals surface area contributed by atoms with Gasteiger partial charge in [-0.1, -0.05) is 0 Å². The van der Waals surface area contributed by atoms with E-state index in [2.05, 4.69) is 15.6 Å². The fourth-order valence-electron chi connectivity index (χ4n) is 1.29. The second-order valence-corrected chi connectivity index (χ2v) is 4.49. The Morgan fingerprint density at radius 3 is 2.79 bits per heavy atom. The molecule has 0 aliphatic heterocycles. The Morgan fingerprint density at radius 1 is 1.37 bits per heavy atom. The molecule has 7 nitrogen and oxygen atoms in total. The van der Waals surface area contributed by atoms with Gasteiger partial charge in [0.1, 0.15) is 10.8 Å². The number of carboxylic acid groups (broad SMARTS) is 1. The van der Waals surface area contributed by atoms with Crippen molar-refractivity contribution in [2.24, 2.45) is 0 Å². The summed E-state index contributed by atoms with van der Waals surface area (Å²) in [7, 11) is 0. The molecule has 0 saturated carbocycles. The molecular weight excluding hydrogens is 270 g/mol. The molecule has 0 atom stereocenters. The van der Waals surface area contributed by atoms with E-state index in [1.807, 2.05) is 0 Å². The molecule has 0 radical (unpaired) electrons. The maximum Gasteiger partial charge on any atom is 0.355 e. The van der Waals surface area contributed by atoms with Gasteiger partial charge in [0.05, 0.1) is 19.4 Å². The van der Waals surface area contributed by atoms with Crippen LogP contribution in [0, 0.1) is 0 Å². The second kappa shape index (κ2) is 6.01. The van der Waals surface area contributed by atoms with Crippen LogP contribution in [0.2, 0.25) is 0 Å². The SMILES string of the molecule is O=C(NCc1ccco1)NCc1nc(C(=O)O)cs1. The molecule has 0 fully saturated rings. The van der Waals surface area contributed by atoms with Gasteiger partial charge in [-0.3, -0.25) is 0 Å². The molecule has 0 aliphatic carbocycles. The van der Waals surface area contributed by atoms with Crippen LogP contribution in [0.4, 0.5) is 4.79 Å². The molecule has 3 N–H and O–H groups in total. The highest BCUT2D eigenvalue weighted by Gasteiger charge is 2.09. The van der Waals surface area contributed by atoms with E-state index < -0.39 is 5.97 Å². The largest absolute Gasteiger partial charge is 0.476 e. The summed E-state index contributed by atoms with van der Waals surface area (Å²) < 4.78 is 5.06. The lowest BCUT2D eigenvalue weighted by molar-refractivity contribution is 0.0691. The van der Waals surface area contributed by atoms with E-state index in [1.54, 1.807) is 12.1 Å². The number of furan rings is 1. The number of carbonyl (C=O) groups excluding carboxylic acids is 1. The Balaban J connectivity index is 1.75. The van der Waals surface area contributed by atoms with Crippen LogP contribution in [0.3, 0.4) is 0 Å². The van der Waals surface area contributed by atoms with Gasteiger partial charge in [0.2, 0.25) is 0 Å². The number of hydrogen-bond acceptors (Lipinski definition) is 5. The summed E-state index contributed by atoms with van der Waals surface area (Å²) >= 11 is 1.18.